The molecule has 106 valence electrons. The molecule has 0 radical (unpaired) electrons. The normalized spacial score (nSPS) is 12.6. The molecule has 0 bridgehead atoms. The van der Waals surface area contributed by atoms with Gasteiger partial charge in [-0.3, -0.25) is 0 Å². The molecule has 0 spiro atoms. The summed E-state index contributed by atoms with van der Waals surface area (Å²) in [6.07, 6.45) is 0. The molecule has 0 fully saturated rings. The van der Waals surface area contributed by atoms with E-state index in [1.54, 1.807) is 0 Å². The molecule has 0 saturated carbocycles. The smallest absolute Gasteiger partial charge is 0.137 e. The fourth-order valence-electron chi connectivity index (χ4n) is 2.37. The van der Waals surface area contributed by atoms with Gasteiger partial charge < -0.3 is 0 Å². The Morgan fingerprint density at radius 3 is 2.33 bits per heavy atom. The number of hydrogen-bond donors (Lipinski definition) is 0. The van der Waals surface area contributed by atoms with Crippen LogP contribution in [0.2, 0.25) is 0 Å². The molecular weight excluding hydrogens is 402 g/mol. The lowest BCUT2D eigenvalue weighted by atomic mass is 9.98. The molecule has 3 rings (SSSR count). The van der Waals surface area contributed by atoms with Crippen molar-refractivity contribution in [2.75, 3.05) is 0 Å². The van der Waals surface area contributed by atoms with Crippen LogP contribution in [0.5, 0.6) is 0 Å². The molecule has 0 aliphatic carbocycles. The molecule has 21 heavy (non-hydrogen) atoms. The van der Waals surface area contributed by atoms with Crippen LogP contribution in [-0.4, -0.2) is 0 Å². The maximum Gasteiger partial charge on any atom is 0.137 e. The number of benzene rings is 3. The van der Waals surface area contributed by atoms with Crippen LogP contribution < -0.4 is 0 Å². The molecule has 0 aliphatic heterocycles. The van der Waals surface area contributed by atoms with Gasteiger partial charge in [-0.25, -0.2) is 8.78 Å². The van der Waals surface area contributed by atoms with E-state index < -0.39 is 16.5 Å². The Labute approximate surface area is 138 Å². The first-order valence-corrected chi connectivity index (χ1v) is 8.05. The van der Waals surface area contributed by atoms with E-state index >= 15 is 0 Å². The molecule has 1 atom stereocenters. The van der Waals surface area contributed by atoms with Crippen molar-refractivity contribution in [3.05, 3.63) is 81.8 Å². The monoisotopic (exact) mass is 410 g/mol. The summed E-state index contributed by atoms with van der Waals surface area (Å²) in [6.45, 7) is 0. The van der Waals surface area contributed by atoms with Crippen LogP contribution in [0, 0.1) is 11.6 Å². The molecule has 0 amide bonds. The molecule has 3 aromatic rings. The van der Waals surface area contributed by atoms with Gasteiger partial charge in [0.15, 0.2) is 0 Å². The van der Waals surface area contributed by atoms with Crippen molar-refractivity contribution in [1.29, 1.82) is 0 Å². The summed E-state index contributed by atoms with van der Waals surface area (Å²) in [6, 6.07) is 16.1. The van der Waals surface area contributed by atoms with Gasteiger partial charge >= 0.3 is 0 Å². The zero-order valence-electron chi connectivity index (χ0n) is 10.8. The maximum atomic E-state index is 14.1. The first-order valence-electron chi connectivity index (χ1n) is 6.34. The second-order valence-corrected chi connectivity index (χ2v) is 6.49. The first-order chi connectivity index (χ1) is 10.1. The third kappa shape index (κ3) is 2.74. The lowest BCUT2D eigenvalue weighted by Crippen LogP contribution is -1.99. The fraction of sp³-hybridized carbons (Fsp3) is 0.0588. The second kappa shape index (κ2) is 5.85. The molecule has 0 N–H and O–H groups in total. The van der Waals surface area contributed by atoms with E-state index in [0.29, 0.717) is 0 Å². The minimum Gasteiger partial charge on any atom is -0.207 e. The molecular formula is C17H10Br2F2. The standard InChI is InChI=1S/C17H10Br2F2/c18-14-9-15(20)13(8-16(14)21)17(19)12-7-3-5-10-4-1-2-6-11(10)12/h1-9,17H. The van der Waals surface area contributed by atoms with Crippen LogP contribution in [0.4, 0.5) is 8.78 Å². The van der Waals surface area contributed by atoms with E-state index in [-0.39, 0.29) is 10.0 Å². The molecule has 4 heteroatoms. The third-order valence-corrected chi connectivity index (χ3v) is 5.00. The number of fused-ring (bicyclic) bond motifs is 1. The van der Waals surface area contributed by atoms with Gasteiger partial charge in [0, 0.05) is 5.56 Å². The van der Waals surface area contributed by atoms with Gasteiger partial charge in [0.1, 0.15) is 11.6 Å². The summed E-state index contributed by atoms with van der Waals surface area (Å²) in [7, 11) is 0. The fourth-order valence-corrected chi connectivity index (χ4v) is 3.44. The van der Waals surface area contributed by atoms with Crippen LogP contribution in [-0.2, 0) is 0 Å². The molecule has 0 aromatic heterocycles. The van der Waals surface area contributed by atoms with Crippen molar-refractivity contribution < 1.29 is 8.78 Å². The SMILES string of the molecule is Fc1cc(C(Br)c2cccc3ccccc23)c(F)cc1Br. The zero-order valence-corrected chi connectivity index (χ0v) is 14.0. The van der Waals surface area contributed by atoms with Crippen LogP contribution in [0.15, 0.2) is 59.1 Å². The van der Waals surface area contributed by atoms with Gasteiger partial charge in [-0.15, -0.1) is 0 Å². The van der Waals surface area contributed by atoms with Crippen LogP contribution >= 0.6 is 31.9 Å². The van der Waals surface area contributed by atoms with Crippen molar-refractivity contribution in [1.82, 2.24) is 0 Å². The summed E-state index contributed by atoms with van der Waals surface area (Å²) >= 11 is 6.50. The number of halogens is 4. The third-order valence-electron chi connectivity index (χ3n) is 3.41. The average Bonchev–Trinajstić information content (AvgIpc) is 2.49. The molecule has 0 aliphatic rings. The lowest BCUT2D eigenvalue weighted by molar-refractivity contribution is 0.583. The largest absolute Gasteiger partial charge is 0.207 e. The van der Waals surface area contributed by atoms with Gasteiger partial charge in [0.25, 0.3) is 0 Å². The van der Waals surface area contributed by atoms with E-state index in [2.05, 4.69) is 31.9 Å². The lowest BCUT2D eigenvalue weighted by Gasteiger charge is -2.15. The summed E-state index contributed by atoms with van der Waals surface area (Å²) in [5.74, 6) is -0.922. The van der Waals surface area contributed by atoms with E-state index in [1.807, 2.05) is 42.5 Å². The van der Waals surface area contributed by atoms with Gasteiger partial charge in [-0.05, 0) is 44.4 Å². The highest BCUT2D eigenvalue weighted by molar-refractivity contribution is 9.10. The highest BCUT2D eigenvalue weighted by Gasteiger charge is 2.19. The van der Waals surface area contributed by atoms with E-state index in [9.17, 15) is 8.78 Å². The van der Waals surface area contributed by atoms with Gasteiger partial charge in [0.05, 0.1) is 9.30 Å². The van der Waals surface area contributed by atoms with Gasteiger partial charge in [-0.1, -0.05) is 58.4 Å². The summed E-state index contributed by atoms with van der Waals surface area (Å²) in [4.78, 5) is -0.411. The van der Waals surface area contributed by atoms with Gasteiger partial charge in [-0.2, -0.15) is 0 Å². The van der Waals surface area contributed by atoms with Crippen LogP contribution in [0.1, 0.15) is 16.0 Å². The van der Waals surface area contributed by atoms with Crippen molar-refractivity contribution in [2.45, 2.75) is 4.83 Å². The van der Waals surface area contributed by atoms with Crippen molar-refractivity contribution in [2.24, 2.45) is 0 Å². The Morgan fingerprint density at radius 1 is 0.810 bits per heavy atom. The minimum absolute atomic E-state index is 0.126. The molecule has 3 aromatic carbocycles. The average molecular weight is 412 g/mol. The van der Waals surface area contributed by atoms with Gasteiger partial charge in [0.2, 0.25) is 0 Å². The molecule has 0 saturated heterocycles. The molecule has 1 unspecified atom stereocenters. The predicted molar refractivity (Wildman–Crippen MR) is 88.8 cm³/mol. The summed E-state index contributed by atoms with van der Waals surface area (Å²) < 4.78 is 28.0. The Hall–Kier alpha value is -1.26. The summed E-state index contributed by atoms with van der Waals surface area (Å²) in [5.41, 5.74) is 1.20. The second-order valence-electron chi connectivity index (χ2n) is 4.72. The minimum atomic E-state index is -0.476. The van der Waals surface area contributed by atoms with E-state index in [0.717, 1.165) is 22.4 Å². The van der Waals surface area contributed by atoms with Crippen molar-refractivity contribution in [3.8, 4) is 0 Å². The van der Waals surface area contributed by atoms with E-state index in [1.165, 1.54) is 6.07 Å². The highest BCUT2D eigenvalue weighted by Crippen LogP contribution is 2.37. The molecule has 0 nitrogen and oxygen atoms in total. The number of alkyl halides is 1. The Morgan fingerprint density at radius 2 is 1.52 bits per heavy atom. The molecule has 0 heterocycles. The highest BCUT2D eigenvalue weighted by atomic mass is 79.9. The topological polar surface area (TPSA) is 0 Å². The Balaban J connectivity index is 2.17. The Bertz CT molecular complexity index is 810. The quantitative estimate of drug-likeness (QED) is 0.339. The van der Waals surface area contributed by atoms with Crippen molar-refractivity contribution in [3.63, 3.8) is 0 Å². The first kappa shape index (κ1) is 14.7. The number of hydrogen-bond acceptors (Lipinski definition) is 0. The van der Waals surface area contributed by atoms with Crippen LogP contribution in [0.25, 0.3) is 10.8 Å². The predicted octanol–water partition coefficient (Wildman–Crippen LogP) is 6.36. The maximum absolute atomic E-state index is 14.1. The van der Waals surface area contributed by atoms with Crippen molar-refractivity contribution >= 4 is 42.6 Å². The summed E-state index contributed by atoms with van der Waals surface area (Å²) in [5, 5.41) is 2.09. The number of rotatable bonds is 2. The Kier molecular flexibility index (Phi) is 4.09. The van der Waals surface area contributed by atoms with Crippen LogP contribution in [0.3, 0.4) is 0 Å². The zero-order chi connectivity index (χ0) is 15.0. The van der Waals surface area contributed by atoms with E-state index in [4.69, 9.17) is 0 Å².